The third kappa shape index (κ3) is 5.46. The molecule has 0 aliphatic carbocycles. The van der Waals surface area contributed by atoms with Crippen molar-refractivity contribution in [2.75, 3.05) is 11.9 Å². The maximum atomic E-state index is 13.3. The molecule has 0 radical (unpaired) electrons. The van der Waals surface area contributed by atoms with Crippen LogP contribution in [-0.4, -0.2) is 33.1 Å². The molecular weight excluding hydrogens is 429 g/mol. The van der Waals surface area contributed by atoms with Gasteiger partial charge in [-0.2, -0.15) is 5.10 Å². The van der Waals surface area contributed by atoms with E-state index in [9.17, 15) is 14.0 Å². The second-order valence-corrected chi connectivity index (χ2v) is 6.79. The summed E-state index contributed by atoms with van der Waals surface area (Å²) in [6.45, 7) is 0.659. The second-order valence-electron chi connectivity index (χ2n) is 5.94. The van der Waals surface area contributed by atoms with Gasteiger partial charge in [0.25, 0.3) is 5.91 Å². The summed E-state index contributed by atoms with van der Waals surface area (Å²) in [5.41, 5.74) is 1.17. The summed E-state index contributed by atoms with van der Waals surface area (Å²) in [4.78, 5) is 28.1. The maximum Gasteiger partial charge on any atom is 0.252 e. The van der Waals surface area contributed by atoms with Crippen LogP contribution in [0.5, 0.6) is 0 Å². The van der Waals surface area contributed by atoms with Gasteiger partial charge in [0.1, 0.15) is 5.82 Å². The van der Waals surface area contributed by atoms with Crippen LogP contribution in [0.2, 0.25) is 0 Å². The fourth-order valence-electron chi connectivity index (χ4n) is 2.46. The van der Waals surface area contributed by atoms with Gasteiger partial charge < -0.3 is 10.6 Å². The molecule has 0 aliphatic rings. The lowest BCUT2D eigenvalue weighted by Gasteiger charge is -2.07. The number of halogens is 2. The molecule has 0 fully saturated rings. The summed E-state index contributed by atoms with van der Waals surface area (Å²) >= 11 is 3.20. The molecule has 9 heteroatoms. The predicted octanol–water partition coefficient (Wildman–Crippen LogP) is 2.99. The Bertz CT molecular complexity index is 977. The van der Waals surface area contributed by atoms with Crippen LogP contribution < -0.4 is 10.6 Å². The number of anilines is 1. The average Bonchev–Trinajstić information content (AvgIpc) is 3.11. The number of hydrogen-bond donors (Lipinski definition) is 2. The summed E-state index contributed by atoms with van der Waals surface area (Å²) in [7, 11) is 0. The van der Waals surface area contributed by atoms with E-state index in [1.165, 1.54) is 12.1 Å². The third-order valence-electron chi connectivity index (χ3n) is 3.79. The van der Waals surface area contributed by atoms with Gasteiger partial charge in [-0.1, -0.05) is 6.07 Å². The van der Waals surface area contributed by atoms with Crippen LogP contribution >= 0.6 is 15.9 Å². The van der Waals surface area contributed by atoms with Gasteiger partial charge in [-0.15, -0.1) is 0 Å². The van der Waals surface area contributed by atoms with Gasteiger partial charge in [0.2, 0.25) is 5.91 Å². The van der Waals surface area contributed by atoms with E-state index in [0.29, 0.717) is 16.8 Å². The molecule has 2 N–H and O–H groups in total. The number of pyridine rings is 1. The van der Waals surface area contributed by atoms with Gasteiger partial charge in [-0.25, -0.2) is 4.39 Å². The zero-order valence-electron chi connectivity index (χ0n) is 14.7. The molecule has 0 atom stereocenters. The highest BCUT2D eigenvalue weighted by molar-refractivity contribution is 9.10. The first-order valence-corrected chi connectivity index (χ1v) is 9.26. The van der Waals surface area contributed by atoms with Crippen LogP contribution in [0, 0.1) is 5.82 Å². The summed E-state index contributed by atoms with van der Waals surface area (Å²) in [6.07, 6.45) is 5.27. The van der Waals surface area contributed by atoms with Crippen LogP contribution in [0.1, 0.15) is 22.3 Å². The minimum absolute atomic E-state index is 0.0636. The lowest BCUT2D eigenvalue weighted by Crippen LogP contribution is -2.28. The molecule has 1 aromatic carbocycles. The lowest BCUT2D eigenvalue weighted by molar-refractivity contribution is -0.116. The predicted molar refractivity (Wildman–Crippen MR) is 105 cm³/mol. The van der Waals surface area contributed by atoms with E-state index >= 15 is 0 Å². The quantitative estimate of drug-likeness (QED) is 0.584. The van der Waals surface area contributed by atoms with Crippen LogP contribution in [0.15, 0.2) is 59.5 Å². The van der Waals surface area contributed by atoms with E-state index in [1.807, 2.05) is 12.1 Å². The normalized spacial score (nSPS) is 10.5. The molecular formula is C19H17BrFN5O2. The van der Waals surface area contributed by atoms with Gasteiger partial charge in [-0.05, 0) is 45.8 Å². The number of benzene rings is 1. The number of nitrogens with zero attached hydrogens (tertiary/aromatic N) is 3. The third-order valence-corrected chi connectivity index (χ3v) is 4.48. The van der Waals surface area contributed by atoms with Crippen LogP contribution in [0.4, 0.5) is 10.2 Å². The molecule has 0 aliphatic heterocycles. The molecule has 3 aromatic rings. The standard InChI is InChI=1S/C19H17BrFN5O2/c20-16-4-3-14(21)10-15(16)19(28)23-8-5-18(27)24-17-6-9-26(25-17)12-13-2-1-7-22-11-13/h1-4,6-7,9-11H,5,8,12H2,(H,23,28)(H,24,25,27). The zero-order valence-corrected chi connectivity index (χ0v) is 16.3. The van der Waals surface area contributed by atoms with E-state index in [2.05, 4.69) is 36.6 Å². The minimum Gasteiger partial charge on any atom is -0.351 e. The van der Waals surface area contributed by atoms with Gasteiger partial charge in [0.05, 0.1) is 12.1 Å². The minimum atomic E-state index is -0.507. The number of nitrogens with one attached hydrogen (secondary N) is 2. The highest BCUT2D eigenvalue weighted by atomic mass is 79.9. The summed E-state index contributed by atoms with van der Waals surface area (Å²) < 4.78 is 15.4. The molecule has 0 spiro atoms. The molecule has 0 saturated heterocycles. The molecule has 0 bridgehead atoms. The summed E-state index contributed by atoms with van der Waals surface area (Å²) in [5.74, 6) is -0.828. The Morgan fingerprint density at radius 2 is 2.07 bits per heavy atom. The molecule has 3 rings (SSSR count). The molecule has 7 nitrogen and oxygen atoms in total. The SMILES string of the molecule is O=C(CCNC(=O)c1cc(F)ccc1Br)Nc1ccn(Cc2cccnc2)n1. The molecule has 0 unspecified atom stereocenters. The number of carbonyl (C=O) groups is 2. The fourth-order valence-corrected chi connectivity index (χ4v) is 2.88. The van der Waals surface area contributed by atoms with Gasteiger partial charge in [-0.3, -0.25) is 19.3 Å². The van der Waals surface area contributed by atoms with E-state index < -0.39 is 11.7 Å². The Labute approximate surface area is 169 Å². The molecule has 2 amide bonds. The Balaban J connectivity index is 1.46. The average molecular weight is 446 g/mol. The lowest BCUT2D eigenvalue weighted by atomic mass is 10.2. The van der Waals surface area contributed by atoms with Crippen molar-refractivity contribution in [1.29, 1.82) is 0 Å². The Hall–Kier alpha value is -3.07. The number of amides is 2. The van der Waals surface area contributed by atoms with Crippen molar-refractivity contribution in [2.24, 2.45) is 0 Å². The first-order valence-electron chi connectivity index (χ1n) is 8.47. The van der Waals surface area contributed by atoms with E-state index in [1.54, 1.807) is 29.3 Å². The van der Waals surface area contributed by atoms with Crippen molar-refractivity contribution in [3.63, 3.8) is 0 Å². The molecule has 2 heterocycles. The molecule has 144 valence electrons. The highest BCUT2D eigenvalue weighted by Crippen LogP contribution is 2.17. The molecule has 0 saturated carbocycles. The number of rotatable bonds is 7. The van der Waals surface area contributed by atoms with Gasteiger partial charge in [0.15, 0.2) is 5.82 Å². The zero-order chi connectivity index (χ0) is 19.9. The maximum absolute atomic E-state index is 13.3. The number of hydrogen-bond acceptors (Lipinski definition) is 4. The summed E-state index contributed by atoms with van der Waals surface area (Å²) in [5, 5.41) is 9.55. The van der Waals surface area contributed by atoms with Crippen molar-refractivity contribution in [1.82, 2.24) is 20.1 Å². The smallest absolute Gasteiger partial charge is 0.252 e. The molecule has 28 heavy (non-hydrogen) atoms. The largest absolute Gasteiger partial charge is 0.351 e. The molecule has 2 aromatic heterocycles. The van der Waals surface area contributed by atoms with Crippen LogP contribution in [-0.2, 0) is 11.3 Å². The van der Waals surface area contributed by atoms with Crippen molar-refractivity contribution in [3.8, 4) is 0 Å². The Morgan fingerprint density at radius 1 is 1.21 bits per heavy atom. The van der Waals surface area contributed by atoms with Crippen molar-refractivity contribution >= 4 is 33.6 Å². The van der Waals surface area contributed by atoms with Crippen molar-refractivity contribution in [2.45, 2.75) is 13.0 Å². The van der Waals surface area contributed by atoms with Crippen LogP contribution in [0.25, 0.3) is 0 Å². The van der Waals surface area contributed by atoms with Gasteiger partial charge >= 0.3 is 0 Å². The van der Waals surface area contributed by atoms with Crippen molar-refractivity contribution in [3.05, 3.63) is 76.4 Å². The van der Waals surface area contributed by atoms with Gasteiger partial charge in [0, 0.05) is 42.1 Å². The first-order chi connectivity index (χ1) is 13.5. The number of carbonyl (C=O) groups excluding carboxylic acids is 2. The Kier molecular flexibility index (Phi) is 6.49. The van der Waals surface area contributed by atoms with E-state index in [-0.39, 0.29) is 24.4 Å². The number of aromatic nitrogens is 3. The van der Waals surface area contributed by atoms with E-state index in [4.69, 9.17) is 0 Å². The Morgan fingerprint density at radius 3 is 2.86 bits per heavy atom. The monoisotopic (exact) mass is 445 g/mol. The first kappa shape index (κ1) is 19.7. The fraction of sp³-hybridized carbons (Fsp3) is 0.158. The van der Waals surface area contributed by atoms with Crippen LogP contribution in [0.3, 0.4) is 0 Å². The topological polar surface area (TPSA) is 88.9 Å². The highest BCUT2D eigenvalue weighted by Gasteiger charge is 2.12. The summed E-state index contributed by atoms with van der Waals surface area (Å²) in [6, 6.07) is 9.32. The van der Waals surface area contributed by atoms with E-state index in [0.717, 1.165) is 11.6 Å². The second kappa shape index (κ2) is 9.23. The van der Waals surface area contributed by atoms with Crippen molar-refractivity contribution < 1.29 is 14.0 Å².